The number of hydrogen-bond donors (Lipinski definition) is 1. The molecule has 0 aliphatic heterocycles. The first-order valence-corrected chi connectivity index (χ1v) is 7.41. The lowest BCUT2D eigenvalue weighted by atomic mass is 10.0. The summed E-state index contributed by atoms with van der Waals surface area (Å²) in [6.07, 6.45) is 0. The quantitative estimate of drug-likeness (QED) is 0.885. The molecule has 0 saturated carbocycles. The molecule has 2 aromatic rings. The van der Waals surface area contributed by atoms with Crippen LogP contribution in [0.1, 0.15) is 25.0 Å². The van der Waals surface area contributed by atoms with Crippen LogP contribution in [0.3, 0.4) is 0 Å². The summed E-state index contributed by atoms with van der Waals surface area (Å²) in [5.74, 6) is 1.19. The minimum Gasteiger partial charge on any atom is -0.508 e. The number of phenols is 1. The second kappa shape index (κ2) is 6.41. The fourth-order valence-electron chi connectivity index (χ4n) is 2.14. The summed E-state index contributed by atoms with van der Waals surface area (Å²) in [5, 5.41) is 9.63. The second-order valence-electron chi connectivity index (χ2n) is 6.23. The smallest absolute Gasteiger partial charge is 0.122 e. The molecule has 3 heteroatoms. The largest absolute Gasteiger partial charge is 0.508 e. The molecule has 0 aromatic heterocycles. The van der Waals surface area contributed by atoms with Gasteiger partial charge in [-0.1, -0.05) is 12.1 Å². The molecule has 0 aliphatic rings. The monoisotopic (exact) mass is 300 g/mol. The van der Waals surface area contributed by atoms with Crippen molar-refractivity contribution in [1.82, 2.24) is 0 Å². The lowest BCUT2D eigenvalue weighted by Crippen LogP contribution is -2.30. The summed E-state index contributed by atoms with van der Waals surface area (Å²) in [6.45, 7) is 8.43. The molecule has 3 nitrogen and oxygen atoms in total. The standard InChI is InChI=1S/C19H24O3/c1-13-10-15(6-8-17(13)20)16-7-9-18(14(2)11-16)22-12-19(3,4)21-5/h6-11,20H,12H2,1-5H3. The van der Waals surface area contributed by atoms with Crippen LogP contribution in [0.15, 0.2) is 36.4 Å². The van der Waals surface area contributed by atoms with Crippen LogP contribution in [0.4, 0.5) is 0 Å². The van der Waals surface area contributed by atoms with E-state index in [1.165, 1.54) is 0 Å². The number of phenolic OH excluding ortho intramolecular Hbond substituents is 1. The maximum atomic E-state index is 9.63. The first-order chi connectivity index (χ1) is 10.3. The van der Waals surface area contributed by atoms with Gasteiger partial charge in [-0.2, -0.15) is 0 Å². The molecule has 0 bridgehead atoms. The Labute approximate surface area is 132 Å². The fourth-order valence-corrected chi connectivity index (χ4v) is 2.14. The van der Waals surface area contributed by atoms with Crippen molar-refractivity contribution < 1.29 is 14.6 Å². The lowest BCUT2D eigenvalue weighted by Gasteiger charge is -2.23. The van der Waals surface area contributed by atoms with E-state index in [1.54, 1.807) is 13.2 Å². The second-order valence-corrected chi connectivity index (χ2v) is 6.23. The molecule has 0 unspecified atom stereocenters. The van der Waals surface area contributed by atoms with Gasteiger partial charge in [-0.25, -0.2) is 0 Å². The van der Waals surface area contributed by atoms with E-state index >= 15 is 0 Å². The first-order valence-electron chi connectivity index (χ1n) is 7.41. The van der Waals surface area contributed by atoms with Gasteiger partial charge in [0.15, 0.2) is 0 Å². The maximum absolute atomic E-state index is 9.63. The molecular weight excluding hydrogens is 276 g/mol. The van der Waals surface area contributed by atoms with Gasteiger partial charge in [0, 0.05) is 7.11 Å². The summed E-state index contributed by atoms with van der Waals surface area (Å²) in [6, 6.07) is 11.8. The predicted molar refractivity (Wildman–Crippen MR) is 89.6 cm³/mol. The third-order valence-corrected chi connectivity index (χ3v) is 3.83. The summed E-state index contributed by atoms with van der Waals surface area (Å²) >= 11 is 0. The zero-order valence-corrected chi connectivity index (χ0v) is 13.9. The zero-order chi connectivity index (χ0) is 16.3. The van der Waals surface area contributed by atoms with E-state index in [-0.39, 0.29) is 5.60 Å². The Kier molecular flexibility index (Phi) is 4.77. The Balaban J connectivity index is 2.20. The van der Waals surface area contributed by atoms with Crippen LogP contribution in [0.2, 0.25) is 0 Å². The Morgan fingerprint density at radius 2 is 1.55 bits per heavy atom. The van der Waals surface area contributed by atoms with Crippen molar-refractivity contribution >= 4 is 0 Å². The minimum absolute atomic E-state index is 0.306. The van der Waals surface area contributed by atoms with Gasteiger partial charge in [-0.05, 0) is 74.2 Å². The molecule has 0 amide bonds. The number of aryl methyl sites for hydroxylation is 2. The highest BCUT2D eigenvalue weighted by Gasteiger charge is 2.17. The van der Waals surface area contributed by atoms with Gasteiger partial charge in [0.05, 0.1) is 5.60 Å². The van der Waals surface area contributed by atoms with Crippen molar-refractivity contribution in [3.05, 3.63) is 47.5 Å². The molecular formula is C19H24O3. The molecule has 0 saturated heterocycles. The highest BCUT2D eigenvalue weighted by atomic mass is 16.5. The van der Waals surface area contributed by atoms with Crippen LogP contribution in [0, 0.1) is 13.8 Å². The van der Waals surface area contributed by atoms with Crippen LogP contribution in [-0.2, 0) is 4.74 Å². The van der Waals surface area contributed by atoms with Crippen molar-refractivity contribution in [2.24, 2.45) is 0 Å². The molecule has 22 heavy (non-hydrogen) atoms. The maximum Gasteiger partial charge on any atom is 0.122 e. The average molecular weight is 300 g/mol. The van der Waals surface area contributed by atoms with Gasteiger partial charge < -0.3 is 14.6 Å². The molecule has 0 atom stereocenters. The topological polar surface area (TPSA) is 38.7 Å². The first kappa shape index (κ1) is 16.4. The Morgan fingerprint density at radius 1 is 0.955 bits per heavy atom. The Morgan fingerprint density at radius 3 is 2.09 bits per heavy atom. The fraction of sp³-hybridized carbons (Fsp3) is 0.368. The van der Waals surface area contributed by atoms with E-state index in [2.05, 4.69) is 6.07 Å². The van der Waals surface area contributed by atoms with Crippen molar-refractivity contribution in [3.63, 3.8) is 0 Å². The van der Waals surface area contributed by atoms with Gasteiger partial charge >= 0.3 is 0 Å². The number of ether oxygens (including phenoxy) is 2. The van der Waals surface area contributed by atoms with E-state index < -0.39 is 0 Å². The molecule has 0 heterocycles. The molecule has 1 N–H and O–H groups in total. The molecule has 0 aliphatic carbocycles. The third kappa shape index (κ3) is 3.80. The summed E-state index contributed by atoms with van der Waals surface area (Å²) in [7, 11) is 1.69. The summed E-state index contributed by atoms with van der Waals surface area (Å²) in [5.41, 5.74) is 3.84. The van der Waals surface area contributed by atoms with Crippen LogP contribution < -0.4 is 4.74 Å². The van der Waals surface area contributed by atoms with Gasteiger partial charge in [0.2, 0.25) is 0 Å². The van der Waals surface area contributed by atoms with Crippen LogP contribution in [0.25, 0.3) is 11.1 Å². The zero-order valence-electron chi connectivity index (χ0n) is 13.9. The molecule has 2 aromatic carbocycles. The van der Waals surface area contributed by atoms with Gasteiger partial charge in [-0.15, -0.1) is 0 Å². The summed E-state index contributed by atoms with van der Waals surface area (Å²) in [4.78, 5) is 0. The van der Waals surface area contributed by atoms with Gasteiger partial charge in [0.25, 0.3) is 0 Å². The van der Waals surface area contributed by atoms with Gasteiger partial charge in [-0.3, -0.25) is 0 Å². The van der Waals surface area contributed by atoms with Crippen molar-refractivity contribution in [2.45, 2.75) is 33.3 Å². The van der Waals surface area contributed by atoms with Crippen LogP contribution in [0.5, 0.6) is 11.5 Å². The third-order valence-electron chi connectivity index (χ3n) is 3.83. The highest BCUT2D eigenvalue weighted by molar-refractivity contribution is 5.67. The van der Waals surface area contributed by atoms with Crippen molar-refractivity contribution in [2.75, 3.05) is 13.7 Å². The minimum atomic E-state index is -0.306. The van der Waals surface area contributed by atoms with Crippen molar-refractivity contribution in [3.8, 4) is 22.6 Å². The van der Waals surface area contributed by atoms with E-state index in [1.807, 2.05) is 52.0 Å². The molecule has 0 radical (unpaired) electrons. The van der Waals surface area contributed by atoms with E-state index in [0.29, 0.717) is 12.4 Å². The molecule has 118 valence electrons. The highest BCUT2D eigenvalue weighted by Crippen LogP contribution is 2.29. The number of aromatic hydroxyl groups is 1. The number of methoxy groups -OCH3 is 1. The lowest BCUT2D eigenvalue weighted by molar-refractivity contribution is -0.0148. The normalized spacial score (nSPS) is 11.5. The Bertz CT molecular complexity index is 660. The molecule has 0 fully saturated rings. The van der Waals surface area contributed by atoms with Crippen molar-refractivity contribution in [1.29, 1.82) is 0 Å². The Hall–Kier alpha value is -2.00. The van der Waals surface area contributed by atoms with Crippen LogP contribution in [-0.4, -0.2) is 24.4 Å². The predicted octanol–water partition coefficient (Wildman–Crippen LogP) is 4.48. The summed E-state index contributed by atoms with van der Waals surface area (Å²) < 4.78 is 11.2. The SMILES string of the molecule is COC(C)(C)COc1ccc(-c2ccc(O)c(C)c2)cc1C. The van der Waals surface area contributed by atoms with Crippen LogP contribution >= 0.6 is 0 Å². The average Bonchev–Trinajstić information content (AvgIpc) is 2.49. The molecule has 0 spiro atoms. The number of benzene rings is 2. The van der Waals surface area contributed by atoms with Gasteiger partial charge in [0.1, 0.15) is 18.1 Å². The number of hydrogen-bond acceptors (Lipinski definition) is 3. The van der Waals surface area contributed by atoms with E-state index in [4.69, 9.17) is 9.47 Å². The van der Waals surface area contributed by atoms with E-state index in [9.17, 15) is 5.11 Å². The van der Waals surface area contributed by atoms with E-state index in [0.717, 1.165) is 28.0 Å². The molecule has 2 rings (SSSR count). The number of rotatable bonds is 5.